The van der Waals surface area contributed by atoms with Crippen LogP contribution in [0.2, 0.25) is 0 Å². The lowest BCUT2D eigenvalue weighted by Crippen LogP contribution is -2.11. The van der Waals surface area contributed by atoms with E-state index in [9.17, 15) is 26.3 Å². The van der Waals surface area contributed by atoms with Gasteiger partial charge >= 0.3 is 12.4 Å². The van der Waals surface area contributed by atoms with Gasteiger partial charge in [-0.2, -0.15) is 26.3 Å². The molecule has 2 aromatic heterocycles. The first kappa shape index (κ1) is 26.8. The molecule has 2 nitrogen and oxygen atoms in total. The third kappa shape index (κ3) is 4.88. The standard InChI is InChI=1S/C35H19F6NO/c36-34(37,38)26-16-25(17-27(18-26)35(39,40)41)22-11-9-20-8-10-21(14-24(20)15-22)23-12-13-31(42-19-23)30-6-3-5-29-28-4-1-2-7-32(28)43-33(29)30/h1-19H. The minimum Gasteiger partial charge on any atom is -0.455 e. The van der Waals surface area contributed by atoms with E-state index in [1.165, 1.54) is 6.07 Å². The van der Waals surface area contributed by atoms with Gasteiger partial charge in [0.2, 0.25) is 0 Å². The Morgan fingerprint density at radius 3 is 1.79 bits per heavy atom. The number of para-hydroxylation sites is 2. The first-order valence-corrected chi connectivity index (χ1v) is 13.3. The summed E-state index contributed by atoms with van der Waals surface area (Å²) >= 11 is 0. The van der Waals surface area contributed by atoms with Gasteiger partial charge in [0, 0.05) is 28.1 Å². The van der Waals surface area contributed by atoms with Crippen molar-refractivity contribution in [3.63, 3.8) is 0 Å². The lowest BCUT2D eigenvalue weighted by Gasteiger charge is -2.15. The van der Waals surface area contributed by atoms with E-state index in [1.54, 1.807) is 18.3 Å². The van der Waals surface area contributed by atoms with Crippen molar-refractivity contribution >= 4 is 32.7 Å². The summed E-state index contributed by atoms with van der Waals surface area (Å²) in [5.74, 6) is 0. The van der Waals surface area contributed by atoms with Crippen LogP contribution < -0.4 is 0 Å². The van der Waals surface area contributed by atoms with E-state index in [-0.39, 0.29) is 17.2 Å². The first-order valence-electron chi connectivity index (χ1n) is 13.3. The van der Waals surface area contributed by atoms with Crippen molar-refractivity contribution < 1.29 is 30.8 Å². The third-order valence-electron chi connectivity index (χ3n) is 7.54. The van der Waals surface area contributed by atoms with E-state index < -0.39 is 23.5 Å². The summed E-state index contributed by atoms with van der Waals surface area (Å²) in [6.07, 6.45) is -8.12. The van der Waals surface area contributed by atoms with Crippen molar-refractivity contribution in [2.45, 2.75) is 12.4 Å². The van der Waals surface area contributed by atoms with Crippen LogP contribution in [0, 0.1) is 0 Å². The second kappa shape index (κ2) is 9.73. The highest BCUT2D eigenvalue weighted by Gasteiger charge is 2.37. The Labute approximate surface area is 240 Å². The first-order chi connectivity index (χ1) is 20.5. The van der Waals surface area contributed by atoms with Gasteiger partial charge in [0.15, 0.2) is 0 Å². The third-order valence-corrected chi connectivity index (χ3v) is 7.54. The number of nitrogens with zero attached hydrogens (tertiary/aromatic N) is 1. The number of hydrogen-bond acceptors (Lipinski definition) is 2. The molecule has 0 fully saturated rings. The fraction of sp³-hybridized carbons (Fsp3) is 0.0571. The van der Waals surface area contributed by atoms with Crippen molar-refractivity contribution in [2.24, 2.45) is 0 Å². The molecule has 0 N–H and O–H groups in total. The number of halogens is 6. The number of pyridine rings is 1. The molecular weight excluding hydrogens is 564 g/mol. The van der Waals surface area contributed by atoms with Crippen LogP contribution in [-0.4, -0.2) is 4.98 Å². The Hall–Kier alpha value is -5.11. The summed E-state index contributed by atoms with van der Waals surface area (Å²) in [6.45, 7) is 0. The van der Waals surface area contributed by atoms with Gasteiger partial charge in [-0.1, -0.05) is 60.7 Å². The molecular formula is C35H19F6NO. The molecule has 212 valence electrons. The number of fused-ring (bicyclic) bond motifs is 4. The zero-order valence-corrected chi connectivity index (χ0v) is 22.1. The maximum Gasteiger partial charge on any atom is 0.416 e. The van der Waals surface area contributed by atoms with Crippen LogP contribution in [0.3, 0.4) is 0 Å². The molecule has 0 amide bonds. The number of hydrogen-bond donors (Lipinski definition) is 0. The molecule has 0 aliphatic heterocycles. The van der Waals surface area contributed by atoms with Gasteiger partial charge in [0.05, 0.1) is 16.8 Å². The lowest BCUT2D eigenvalue weighted by atomic mass is 9.95. The minimum absolute atomic E-state index is 0.133. The molecule has 0 unspecified atom stereocenters. The van der Waals surface area contributed by atoms with Gasteiger partial charge in [-0.25, -0.2) is 0 Å². The van der Waals surface area contributed by atoms with Crippen LogP contribution in [0.4, 0.5) is 26.3 Å². The molecule has 0 spiro atoms. The SMILES string of the molecule is FC(F)(F)c1cc(-c2ccc3ccc(-c4ccc(-c5cccc6c5oc5ccccc56)nc4)cc3c2)cc(C(F)(F)F)c1. The predicted molar refractivity (Wildman–Crippen MR) is 155 cm³/mol. The molecule has 0 saturated carbocycles. The zero-order chi connectivity index (χ0) is 29.9. The summed E-state index contributed by atoms with van der Waals surface area (Å²) in [5, 5.41) is 3.47. The van der Waals surface area contributed by atoms with Crippen molar-refractivity contribution in [2.75, 3.05) is 0 Å². The molecule has 0 aliphatic rings. The van der Waals surface area contributed by atoms with Gasteiger partial charge in [0.25, 0.3) is 0 Å². The number of alkyl halides is 6. The van der Waals surface area contributed by atoms with Gasteiger partial charge in [-0.15, -0.1) is 0 Å². The fourth-order valence-electron chi connectivity index (χ4n) is 5.40. The number of aromatic nitrogens is 1. The lowest BCUT2D eigenvalue weighted by molar-refractivity contribution is -0.143. The number of rotatable bonds is 3. The summed E-state index contributed by atoms with van der Waals surface area (Å²) in [6, 6.07) is 29.5. The second-order valence-corrected chi connectivity index (χ2v) is 10.3. The Bertz CT molecular complexity index is 2130. The van der Waals surface area contributed by atoms with Crippen molar-refractivity contribution in [3.8, 4) is 33.5 Å². The van der Waals surface area contributed by atoms with Crippen molar-refractivity contribution in [3.05, 3.63) is 127 Å². The van der Waals surface area contributed by atoms with Gasteiger partial charge in [0.1, 0.15) is 11.2 Å². The second-order valence-electron chi connectivity index (χ2n) is 10.3. The highest BCUT2D eigenvalue weighted by Crippen LogP contribution is 2.40. The highest BCUT2D eigenvalue weighted by atomic mass is 19.4. The van der Waals surface area contributed by atoms with Crippen LogP contribution in [0.5, 0.6) is 0 Å². The predicted octanol–water partition coefficient (Wildman–Crippen LogP) is 11.2. The molecule has 0 bridgehead atoms. The van der Waals surface area contributed by atoms with E-state index in [0.29, 0.717) is 5.39 Å². The van der Waals surface area contributed by atoms with Crippen LogP contribution in [0.15, 0.2) is 120 Å². The average Bonchev–Trinajstić information content (AvgIpc) is 3.38. The number of furan rings is 1. The highest BCUT2D eigenvalue weighted by molar-refractivity contribution is 6.09. The van der Waals surface area contributed by atoms with Crippen LogP contribution in [-0.2, 0) is 12.4 Å². The fourth-order valence-corrected chi connectivity index (χ4v) is 5.40. The topological polar surface area (TPSA) is 26.0 Å². The maximum atomic E-state index is 13.4. The molecule has 8 heteroatoms. The van der Waals surface area contributed by atoms with Gasteiger partial charge < -0.3 is 4.42 Å². The van der Waals surface area contributed by atoms with Gasteiger partial charge in [-0.3, -0.25) is 4.98 Å². The number of benzene rings is 5. The summed E-state index contributed by atoms with van der Waals surface area (Å²) in [5.41, 5.74) is 2.07. The van der Waals surface area contributed by atoms with Crippen molar-refractivity contribution in [1.29, 1.82) is 0 Å². The summed E-state index contributed by atoms with van der Waals surface area (Å²) < 4.78 is 86.7. The molecule has 2 heterocycles. The van der Waals surface area contributed by atoms with E-state index in [2.05, 4.69) is 4.98 Å². The molecule has 5 aromatic carbocycles. The maximum absolute atomic E-state index is 13.4. The Morgan fingerprint density at radius 1 is 0.512 bits per heavy atom. The Morgan fingerprint density at radius 2 is 1.14 bits per heavy atom. The normalized spacial score (nSPS) is 12.4. The molecule has 0 saturated heterocycles. The monoisotopic (exact) mass is 583 g/mol. The molecule has 0 aliphatic carbocycles. The zero-order valence-electron chi connectivity index (χ0n) is 22.1. The average molecular weight is 584 g/mol. The molecule has 7 aromatic rings. The molecule has 0 atom stereocenters. The van der Waals surface area contributed by atoms with Crippen LogP contribution in [0.25, 0.3) is 66.2 Å². The molecule has 43 heavy (non-hydrogen) atoms. The van der Waals surface area contributed by atoms with Crippen LogP contribution >= 0.6 is 0 Å². The summed E-state index contributed by atoms with van der Waals surface area (Å²) in [4.78, 5) is 4.68. The Balaban J connectivity index is 1.26. The van der Waals surface area contributed by atoms with Crippen molar-refractivity contribution in [1.82, 2.24) is 4.98 Å². The quantitative estimate of drug-likeness (QED) is 0.193. The Kier molecular flexibility index (Phi) is 6.06. The summed E-state index contributed by atoms with van der Waals surface area (Å²) in [7, 11) is 0. The largest absolute Gasteiger partial charge is 0.455 e. The molecule has 7 rings (SSSR count). The van der Waals surface area contributed by atoms with E-state index in [4.69, 9.17) is 4.42 Å². The smallest absolute Gasteiger partial charge is 0.416 e. The van der Waals surface area contributed by atoms with E-state index in [0.717, 1.165) is 61.8 Å². The minimum atomic E-state index is -4.92. The molecule has 0 radical (unpaired) electrons. The van der Waals surface area contributed by atoms with E-state index in [1.807, 2.05) is 72.8 Å². The van der Waals surface area contributed by atoms with Crippen LogP contribution in [0.1, 0.15) is 11.1 Å². The van der Waals surface area contributed by atoms with Gasteiger partial charge in [-0.05, 0) is 76.0 Å². The van der Waals surface area contributed by atoms with E-state index >= 15 is 0 Å².